The number of rotatable bonds is 5. The maximum atomic E-state index is 5.86. The Bertz CT molecular complexity index is 583. The van der Waals surface area contributed by atoms with Crippen LogP contribution < -0.4 is 0 Å². The maximum absolute atomic E-state index is 5.86. The number of methoxy groups -OCH3 is 1. The number of halogens is 2. The molecule has 0 bridgehead atoms. The Morgan fingerprint density at radius 3 is 2.84 bits per heavy atom. The zero-order chi connectivity index (χ0) is 14.0. The van der Waals surface area contributed by atoms with Crippen LogP contribution in [0.3, 0.4) is 0 Å². The van der Waals surface area contributed by atoms with E-state index in [2.05, 4.69) is 30.5 Å². The number of imidazole rings is 1. The summed E-state index contributed by atoms with van der Waals surface area (Å²) in [6, 6.07) is 1.97. The van der Waals surface area contributed by atoms with E-state index in [-0.39, 0.29) is 5.60 Å². The van der Waals surface area contributed by atoms with Crippen molar-refractivity contribution < 1.29 is 4.74 Å². The van der Waals surface area contributed by atoms with E-state index < -0.39 is 0 Å². The zero-order valence-electron chi connectivity index (χ0n) is 11.3. The molecule has 0 radical (unpaired) electrons. The van der Waals surface area contributed by atoms with Gasteiger partial charge < -0.3 is 9.30 Å². The van der Waals surface area contributed by atoms with Crippen molar-refractivity contribution in [3.8, 4) is 0 Å². The molecule has 104 valence electrons. The minimum atomic E-state index is -0.274. The molecule has 0 saturated heterocycles. The highest BCUT2D eigenvalue weighted by molar-refractivity contribution is 9.10. The lowest BCUT2D eigenvalue weighted by atomic mass is 10.1. The molecule has 2 aromatic heterocycles. The third-order valence-electron chi connectivity index (χ3n) is 3.04. The van der Waals surface area contributed by atoms with Crippen LogP contribution in [0.4, 0.5) is 0 Å². The van der Waals surface area contributed by atoms with Crippen LogP contribution in [0.15, 0.2) is 16.7 Å². The van der Waals surface area contributed by atoms with Gasteiger partial charge in [-0.25, -0.2) is 9.97 Å². The van der Waals surface area contributed by atoms with Gasteiger partial charge in [0, 0.05) is 30.1 Å². The predicted molar refractivity (Wildman–Crippen MR) is 80.7 cm³/mol. The molecule has 0 aromatic carbocycles. The van der Waals surface area contributed by atoms with E-state index in [4.69, 9.17) is 16.3 Å². The molecule has 6 heteroatoms. The Morgan fingerprint density at radius 2 is 2.21 bits per heavy atom. The van der Waals surface area contributed by atoms with Gasteiger partial charge >= 0.3 is 0 Å². The van der Waals surface area contributed by atoms with Gasteiger partial charge in [0.1, 0.15) is 11.3 Å². The molecule has 0 atom stereocenters. The highest BCUT2D eigenvalue weighted by atomic mass is 79.9. The first-order valence-electron chi connectivity index (χ1n) is 6.08. The van der Waals surface area contributed by atoms with E-state index >= 15 is 0 Å². The van der Waals surface area contributed by atoms with Crippen LogP contribution in [0, 0.1) is 0 Å². The largest absolute Gasteiger partial charge is 0.377 e. The summed E-state index contributed by atoms with van der Waals surface area (Å²) in [5, 5.41) is 0. The number of nitrogens with zero attached hydrogens (tertiary/aromatic N) is 3. The molecule has 0 fully saturated rings. The second kappa shape index (κ2) is 5.77. The predicted octanol–water partition coefficient (Wildman–Crippen LogP) is 3.40. The molecular weight excluding hydrogens is 330 g/mol. The summed E-state index contributed by atoms with van der Waals surface area (Å²) in [7, 11) is 1.71. The summed E-state index contributed by atoms with van der Waals surface area (Å²) >= 11 is 9.28. The number of hydrogen-bond acceptors (Lipinski definition) is 3. The number of aromatic nitrogens is 3. The Hall–Kier alpha value is -0.650. The van der Waals surface area contributed by atoms with E-state index in [0.29, 0.717) is 12.4 Å². The van der Waals surface area contributed by atoms with Crippen molar-refractivity contribution in [3.63, 3.8) is 0 Å². The van der Waals surface area contributed by atoms with Crippen molar-refractivity contribution >= 4 is 38.7 Å². The highest BCUT2D eigenvalue weighted by Gasteiger charge is 2.21. The summed E-state index contributed by atoms with van der Waals surface area (Å²) in [6.07, 6.45) is 2.50. The lowest BCUT2D eigenvalue weighted by molar-refractivity contribution is 0.00835. The normalized spacial score (nSPS) is 12.3. The minimum Gasteiger partial charge on any atom is -0.377 e. The molecule has 0 spiro atoms. The topological polar surface area (TPSA) is 39.9 Å². The number of aryl methyl sites for hydroxylation is 1. The van der Waals surface area contributed by atoms with E-state index in [9.17, 15) is 0 Å². The number of fused-ring (bicyclic) bond motifs is 1. The van der Waals surface area contributed by atoms with E-state index in [1.54, 1.807) is 13.3 Å². The molecule has 19 heavy (non-hydrogen) atoms. The van der Waals surface area contributed by atoms with Crippen LogP contribution in [0.1, 0.15) is 19.7 Å². The van der Waals surface area contributed by atoms with E-state index in [0.717, 1.165) is 27.9 Å². The fourth-order valence-corrected chi connectivity index (χ4v) is 2.41. The molecule has 2 aromatic rings. The van der Waals surface area contributed by atoms with E-state index in [1.165, 1.54) is 0 Å². The second-order valence-electron chi connectivity index (χ2n) is 5.01. The van der Waals surface area contributed by atoms with Gasteiger partial charge in [0.05, 0.1) is 12.1 Å². The molecule has 0 aliphatic heterocycles. The first kappa shape index (κ1) is 14.8. The molecule has 0 unspecified atom stereocenters. The van der Waals surface area contributed by atoms with Crippen LogP contribution >= 0.6 is 27.5 Å². The van der Waals surface area contributed by atoms with Crippen LogP contribution in [-0.4, -0.2) is 33.1 Å². The summed E-state index contributed by atoms with van der Waals surface area (Å²) in [6.45, 7) is 4.78. The standard InChI is InChI=1S/C13H17BrClN3O/c1-13(2,19-3)8-18-11(4-5-15)17-10-6-9(14)7-16-12(10)18/h6-7H,4-5,8H2,1-3H3. The van der Waals surface area contributed by atoms with E-state index in [1.807, 2.05) is 19.9 Å². The molecule has 0 amide bonds. The zero-order valence-corrected chi connectivity index (χ0v) is 13.6. The van der Waals surface area contributed by atoms with Gasteiger partial charge in [-0.3, -0.25) is 0 Å². The number of hydrogen-bond donors (Lipinski definition) is 0. The molecule has 0 N–H and O–H groups in total. The van der Waals surface area contributed by atoms with Crippen molar-refractivity contribution in [2.75, 3.05) is 13.0 Å². The summed E-state index contributed by atoms with van der Waals surface area (Å²) in [5.41, 5.74) is 1.47. The van der Waals surface area contributed by atoms with Crippen molar-refractivity contribution in [2.24, 2.45) is 0 Å². The molecule has 0 saturated carbocycles. The third kappa shape index (κ3) is 3.27. The first-order valence-corrected chi connectivity index (χ1v) is 7.41. The molecule has 2 heterocycles. The fourth-order valence-electron chi connectivity index (χ4n) is 1.92. The van der Waals surface area contributed by atoms with Crippen molar-refractivity contribution in [3.05, 3.63) is 22.6 Å². The average molecular weight is 347 g/mol. The molecule has 0 aliphatic rings. The van der Waals surface area contributed by atoms with Gasteiger partial charge in [-0.2, -0.15) is 0 Å². The Balaban J connectivity index is 2.52. The first-order chi connectivity index (χ1) is 8.96. The van der Waals surface area contributed by atoms with Crippen molar-refractivity contribution in [2.45, 2.75) is 32.4 Å². The average Bonchev–Trinajstić information content (AvgIpc) is 2.67. The molecular formula is C13H17BrClN3O. The lowest BCUT2D eigenvalue weighted by Gasteiger charge is -2.24. The second-order valence-corrected chi connectivity index (χ2v) is 6.31. The summed E-state index contributed by atoms with van der Waals surface area (Å²) < 4.78 is 8.51. The summed E-state index contributed by atoms with van der Waals surface area (Å²) in [5.74, 6) is 1.48. The van der Waals surface area contributed by atoms with Gasteiger partial charge in [-0.1, -0.05) is 0 Å². The quantitative estimate of drug-likeness (QED) is 0.779. The van der Waals surface area contributed by atoms with Crippen LogP contribution in [0.2, 0.25) is 0 Å². The van der Waals surface area contributed by atoms with Gasteiger partial charge in [-0.15, -0.1) is 11.6 Å². The maximum Gasteiger partial charge on any atom is 0.160 e. The monoisotopic (exact) mass is 345 g/mol. The van der Waals surface area contributed by atoms with Gasteiger partial charge in [0.2, 0.25) is 0 Å². The Kier molecular flexibility index (Phi) is 4.48. The lowest BCUT2D eigenvalue weighted by Crippen LogP contribution is -2.30. The minimum absolute atomic E-state index is 0.274. The number of pyridine rings is 1. The number of ether oxygens (including phenoxy) is 1. The van der Waals surface area contributed by atoms with Crippen LogP contribution in [-0.2, 0) is 17.7 Å². The molecule has 2 rings (SSSR count). The number of alkyl halides is 1. The van der Waals surface area contributed by atoms with Gasteiger partial charge in [0.25, 0.3) is 0 Å². The highest BCUT2D eigenvalue weighted by Crippen LogP contribution is 2.22. The Morgan fingerprint density at radius 1 is 1.47 bits per heavy atom. The smallest absolute Gasteiger partial charge is 0.160 e. The van der Waals surface area contributed by atoms with Gasteiger partial charge in [0.15, 0.2) is 5.65 Å². The third-order valence-corrected chi connectivity index (χ3v) is 3.66. The van der Waals surface area contributed by atoms with Gasteiger partial charge in [-0.05, 0) is 35.8 Å². The summed E-state index contributed by atoms with van der Waals surface area (Å²) in [4.78, 5) is 9.07. The van der Waals surface area contributed by atoms with Crippen LogP contribution in [0.5, 0.6) is 0 Å². The molecule has 4 nitrogen and oxygen atoms in total. The van der Waals surface area contributed by atoms with Crippen molar-refractivity contribution in [1.29, 1.82) is 0 Å². The Labute approximate surface area is 126 Å². The fraction of sp³-hybridized carbons (Fsp3) is 0.538. The van der Waals surface area contributed by atoms with Crippen LogP contribution in [0.25, 0.3) is 11.2 Å². The SMILES string of the molecule is COC(C)(C)Cn1c(CCCl)nc2cc(Br)cnc21. The van der Waals surface area contributed by atoms with Crippen molar-refractivity contribution in [1.82, 2.24) is 14.5 Å². The molecule has 0 aliphatic carbocycles.